The van der Waals surface area contributed by atoms with E-state index in [0.717, 1.165) is 55.9 Å². The molecule has 2 N–H and O–H groups in total. The van der Waals surface area contributed by atoms with Gasteiger partial charge in [-0.1, -0.05) is 32.0 Å². The molecule has 1 aromatic heterocycles. The molecule has 0 atom stereocenters. The molecular weight excluding hydrogens is 346 g/mol. The number of hydrogen-bond acceptors (Lipinski definition) is 5. The molecule has 5 heteroatoms. The van der Waals surface area contributed by atoms with Crippen molar-refractivity contribution < 1.29 is 0 Å². The largest absolute Gasteiger partial charge is 0.369 e. The first kappa shape index (κ1) is 18.7. The van der Waals surface area contributed by atoms with Crippen molar-refractivity contribution in [1.82, 2.24) is 15.3 Å². The minimum atomic E-state index is 0.672. The summed E-state index contributed by atoms with van der Waals surface area (Å²) in [6.45, 7) is 9.64. The predicted molar refractivity (Wildman–Crippen MR) is 118 cm³/mol. The monoisotopic (exact) mass is 375 g/mol. The molecule has 2 aromatic carbocycles. The Bertz CT molecular complexity index is 914. The highest BCUT2D eigenvalue weighted by Crippen LogP contribution is 2.28. The Morgan fingerprint density at radius 1 is 1.00 bits per heavy atom. The number of piperazine rings is 1. The normalized spacial score (nSPS) is 14.6. The van der Waals surface area contributed by atoms with Gasteiger partial charge in [-0.2, -0.15) is 0 Å². The second kappa shape index (κ2) is 8.57. The summed E-state index contributed by atoms with van der Waals surface area (Å²) in [6, 6.07) is 15.3. The first-order chi connectivity index (χ1) is 13.7. The molecule has 0 saturated carbocycles. The summed E-state index contributed by atoms with van der Waals surface area (Å²) >= 11 is 0. The van der Waals surface area contributed by atoms with Gasteiger partial charge in [-0.25, -0.2) is 9.97 Å². The fourth-order valence-electron chi connectivity index (χ4n) is 3.64. The van der Waals surface area contributed by atoms with Crippen LogP contribution in [-0.4, -0.2) is 42.7 Å². The van der Waals surface area contributed by atoms with Gasteiger partial charge in [0.25, 0.3) is 0 Å². The first-order valence-corrected chi connectivity index (χ1v) is 10.3. The number of nitrogens with one attached hydrogen (secondary N) is 2. The highest BCUT2D eigenvalue weighted by molar-refractivity contribution is 5.92. The van der Waals surface area contributed by atoms with Gasteiger partial charge in [0, 0.05) is 43.8 Å². The van der Waals surface area contributed by atoms with Crippen molar-refractivity contribution in [1.29, 1.82) is 0 Å². The second-order valence-corrected chi connectivity index (χ2v) is 7.85. The number of rotatable bonds is 6. The van der Waals surface area contributed by atoms with Gasteiger partial charge in [0.15, 0.2) is 0 Å². The number of hydrogen-bond donors (Lipinski definition) is 2. The Morgan fingerprint density at radius 2 is 1.75 bits per heavy atom. The fraction of sp³-hybridized carbons (Fsp3) is 0.391. The van der Waals surface area contributed by atoms with Crippen LogP contribution in [0.1, 0.15) is 20.3 Å². The summed E-state index contributed by atoms with van der Waals surface area (Å²) in [5.74, 6) is 1.59. The summed E-state index contributed by atoms with van der Waals surface area (Å²) in [5.41, 5.74) is 4.69. The van der Waals surface area contributed by atoms with Crippen molar-refractivity contribution >= 4 is 22.4 Å². The number of fused-ring (bicyclic) bond motifs is 1. The van der Waals surface area contributed by atoms with Crippen LogP contribution in [0.15, 0.2) is 48.8 Å². The molecule has 3 aromatic rings. The lowest BCUT2D eigenvalue weighted by atomic mass is 10.0. The summed E-state index contributed by atoms with van der Waals surface area (Å²) in [4.78, 5) is 11.3. The maximum absolute atomic E-state index is 4.48. The summed E-state index contributed by atoms with van der Waals surface area (Å²) in [6.07, 6.45) is 2.76. The lowest BCUT2D eigenvalue weighted by Crippen LogP contribution is -2.43. The Labute approximate surface area is 167 Å². The lowest BCUT2D eigenvalue weighted by Gasteiger charge is -2.29. The Hall–Kier alpha value is -2.66. The maximum Gasteiger partial charge on any atom is 0.137 e. The molecular formula is C23H29N5. The topological polar surface area (TPSA) is 53.1 Å². The average molecular weight is 376 g/mol. The molecule has 146 valence electrons. The Morgan fingerprint density at radius 3 is 2.50 bits per heavy atom. The minimum Gasteiger partial charge on any atom is -0.369 e. The van der Waals surface area contributed by atoms with Crippen molar-refractivity contribution in [3.05, 3.63) is 48.8 Å². The van der Waals surface area contributed by atoms with Gasteiger partial charge >= 0.3 is 0 Å². The van der Waals surface area contributed by atoms with Gasteiger partial charge < -0.3 is 15.5 Å². The standard InChI is InChI=1S/C23H29N5/c1-17(2)9-10-25-23-21-15-19(5-8-22(21)26-16-27-23)18-3-6-20(7-4-18)28-13-11-24-12-14-28/h3-8,15-17,24H,9-14H2,1-2H3,(H,25,26,27). The highest BCUT2D eigenvalue weighted by atomic mass is 15.2. The zero-order valence-electron chi connectivity index (χ0n) is 16.8. The van der Waals surface area contributed by atoms with E-state index in [2.05, 4.69) is 81.8 Å². The van der Waals surface area contributed by atoms with E-state index in [-0.39, 0.29) is 0 Å². The maximum atomic E-state index is 4.48. The summed E-state index contributed by atoms with van der Waals surface area (Å²) in [5, 5.41) is 7.97. The van der Waals surface area contributed by atoms with Crippen LogP contribution < -0.4 is 15.5 Å². The van der Waals surface area contributed by atoms with Crippen LogP contribution in [0.2, 0.25) is 0 Å². The minimum absolute atomic E-state index is 0.672. The van der Waals surface area contributed by atoms with Crippen LogP contribution in [0.4, 0.5) is 11.5 Å². The molecule has 5 nitrogen and oxygen atoms in total. The molecule has 0 unspecified atom stereocenters. The van der Waals surface area contributed by atoms with E-state index >= 15 is 0 Å². The summed E-state index contributed by atoms with van der Waals surface area (Å²) < 4.78 is 0. The predicted octanol–water partition coefficient (Wildman–Crippen LogP) is 4.16. The Kier molecular flexibility index (Phi) is 5.72. The first-order valence-electron chi connectivity index (χ1n) is 10.3. The molecule has 4 rings (SSSR count). The molecule has 0 spiro atoms. The van der Waals surface area contributed by atoms with Gasteiger partial charge in [0.05, 0.1) is 5.52 Å². The van der Waals surface area contributed by atoms with Crippen LogP contribution in [0, 0.1) is 5.92 Å². The van der Waals surface area contributed by atoms with E-state index in [0.29, 0.717) is 5.92 Å². The number of nitrogens with zero attached hydrogens (tertiary/aromatic N) is 3. The smallest absolute Gasteiger partial charge is 0.137 e. The summed E-state index contributed by atoms with van der Waals surface area (Å²) in [7, 11) is 0. The van der Waals surface area contributed by atoms with Crippen LogP contribution in [0.25, 0.3) is 22.0 Å². The van der Waals surface area contributed by atoms with Crippen molar-refractivity contribution in [3.8, 4) is 11.1 Å². The quantitative estimate of drug-likeness (QED) is 0.677. The van der Waals surface area contributed by atoms with E-state index in [9.17, 15) is 0 Å². The Balaban J connectivity index is 1.58. The molecule has 0 amide bonds. The van der Waals surface area contributed by atoms with Gasteiger partial charge in [-0.3, -0.25) is 0 Å². The molecule has 1 aliphatic heterocycles. The number of aromatic nitrogens is 2. The van der Waals surface area contributed by atoms with Crippen molar-refractivity contribution in [3.63, 3.8) is 0 Å². The molecule has 0 aliphatic carbocycles. The van der Waals surface area contributed by atoms with Gasteiger partial charge in [0.2, 0.25) is 0 Å². The van der Waals surface area contributed by atoms with Gasteiger partial charge in [0.1, 0.15) is 12.1 Å². The third-order valence-electron chi connectivity index (χ3n) is 5.33. The van der Waals surface area contributed by atoms with Crippen molar-refractivity contribution in [2.24, 2.45) is 5.92 Å². The number of benzene rings is 2. The molecule has 2 heterocycles. The molecule has 28 heavy (non-hydrogen) atoms. The fourth-order valence-corrected chi connectivity index (χ4v) is 3.64. The van der Waals surface area contributed by atoms with Gasteiger partial charge in [-0.05, 0) is 47.7 Å². The van der Waals surface area contributed by atoms with Crippen LogP contribution in [0.3, 0.4) is 0 Å². The molecule has 1 fully saturated rings. The van der Waals surface area contributed by atoms with E-state index in [1.54, 1.807) is 6.33 Å². The third kappa shape index (κ3) is 4.25. The molecule has 1 aliphatic rings. The zero-order chi connectivity index (χ0) is 19.3. The van der Waals surface area contributed by atoms with E-state index in [1.165, 1.54) is 16.8 Å². The number of anilines is 2. The van der Waals surface area contributed by atoms with E-state index < -0.39 is 0 Å². The van der Waals surface area contributed by atoms with Crippen LogP contribution in [-0.2, 0) is 0 Å². The third-order valence-corrected chi connectivity index (χ3v) is 5.33. The van der Waals surface area contributed by atoms with E-state index in [4.69, 9.17) is 0 Å². The lowest BCUT2D eigenvalue weighted by molar-refractivity contribution is 0.589. The molecule has 0 radical (unpaired) electrons. The van der Waals surface area contributed by atoms with Crippen LogP contribution in [0.5, 0.6) is 0 Å². The van der Waals surface area contributed by atoms with Crippen molar-refractivity contribution in [2.75, 3.05) is 42.9 Å². The second-order valence-electron chi connectivity index (χ2n) is 7.85. The van der Waals surface area contributed by atoms with Crippen molar-refractivity contribution in [2.45, 2.75) is 20.3 Å². The highest BCUT2D eigenvalue weighted by Gasteiger charge is 2.11. The molecule has 0 bridgehead atoms. The van der Waals surface area contributed by atoms with Crippen LogP contribution >= 0.6 is 0 Å². The average Bonchev–Trinajstić information content (AvgIpc) is 2.74. The SMILES string of the molecule is CC(C)CCNc1ncnc2ccc(-c3ccc(N4CCNCC4)cc3)cc12. The zero-order valence-corrected chi connectivity index (χ0v) is 16.8. The van der Waals surface area contributed by atoms with Gasteiger partial charge in [-0.15, -0.1) is 0 Å². The van der Waals surface area contributed by atoms with E-state index in [1.807, 2.05) is 0 Å². The molecule has 1 saturated heterocycles.